The van der Waals surface area contributed by atoms with Crippen molar-refractivity contribution in [3.8, 4) is 0 Å². The Morgan fingerprint density at radius 1 is 0.288 bits per heavy atom. The van der Waals surface area contributed by atoms with Gasteiger partial charge in [-0.05, 0) is 83.5 Å². The SMILES string of the molecule is CC/C=C\C/C=C\C/C=C\C/C=C\CCCCCCCCCCCCCCCCC(=O)OCC(COC(=O)CCCCCCC/C=C\CCCCC)OC(=O)CCCCCCCCCCCCCCCCCC. The van der Waals surface area contributed by atoms with Crippen molar-refractivity contribution < 1.29 is 28.6 Å². The van der Waals surface area contributed by atoms with E-state index in [1.165, 1.54) is 199 Å². The number of ether oxygens (including phenoxy) is 3. The maximum Gasteiger partial charge on any atom is 0.306 e. The van der Waals surface area contributed by atoms with Crippen LogP contribution < -0.4 is 0 Å². The first kappa shape index (κ1) is 70.1. The molecule has 0 aromatic rings. The molecule has 0 amide bonds. The summed E-state index contributed by atoms with van der Waals surface area (Å²) in [5, 5.41) is 0. The van der Waals surface area contributed by atoms with Gasteiger partial charge < -0.3 is 14.2 Å². The lowest BCUT2D eigenvalue weighted by Crippen LogP contribution is -2.30. The highest BCUT2D eigenvalue weighted by atomic mass is 16.6. The summed E-state index contributed by atoms with van der Waals surface area (Å²) in [4.78, 5) is 38.2. The van der Waals surface area contributed by atoms with Crippen molar-refractivity contribution in [3.63, 3.8) is 0 Å². The number of esters is 3. The number of hydrogen-bond donors (Lipinski definition) is 0. The predicted molar refractivity (Wildman–Crippen MR) is 316 cm³/mol. The van der Waals surface area contributed by atoms with E-state index in [-0.39, 0.29) is 31.1 Å². The molecular formula is C67H120O6. The third kappa shape index (κ3) is 59.9. The summed E-state index contributed by atoms with van der Waals surface area (Å²) in [7, 11) is 0. The first-order valence-corrected chi connectivity index (χ1v) is 31.8. The van der Waals surface area contributed by atoms with E-state index >= 15 is 0 Å². The average molecular weight is 1020 g/mol. The number of carbonyl (C=O) groups is 3. The van der Waals surface area contributed by atoms with Crippen LogP contribution in [-0.2, 0) is 28.6 Å². The number of hydrogen-bond acceptors (Lipinski definition) is 6. The summed E-state index contributed by atoms with van der Waals surface area (Å²) < 4.78 is 16.9. The van der Waals surface area contributed by atoms with Crippen LogP contribution in [0.4, 0.5) is 0 Å². The zero-order valence-corrected chi connectivity index (χ0v) is 48.7. The quantitative estimate of drug-likeness (QED) is 0.0261. The van der Waals surface area contributed by atoms with Crippen LogP contribution in [0.15, 0.2) is 60.8 Å². The molecule has 0 aromatic carbocycles. The topological polar surface area (TPSA) is 78.9 Å². The maximum atomic E-state index is 12.9. The molecular weight excluding hydrogens is 901 g/mol. The van der Waals surface area contributed by atoms with Gasteiger partial charge in [-0.3, -0.25) is 14.4 Å². The van der Waals surface area contributed by atoms with Gasteiger partial charge >= 0.3 is 17.9 Å². The van der Waals surface area contributed by atoms with E-state index in [2.05, 4.69) is 81.5 Å². The van der Waals surface area contributed by atoms with Crippen molar-refractivity contribution in [2.24, 2.45) is 0 Å². The second kappa shape index (κ2) is 61.7. The fraction of sp³-hybridized carbons (Fsp3) is 0.806. The van der Waals surface area contributed by atoms with Gasteiger partial charge in [-0.15, -0.1) is 0 Å². The van der Waals surface area contributed by atoms with E-state index in [4.69, 9.17) is 14.2 Å². The summed E-state index contributed by atoms with van der Waals surface area (Å²) in [6.07, 6.45) is 78.0. The molecule has 0 fully saturated rings. The minimum Gasteiger partial charge on any atom is -0.462 e. The molecule has 0 aliphatic rings. The first-order valence-electron chi connectivity index (χ1n) is 31.8. The average Bonchev–Trinajstić information content (AvgIpc) is 3.39. The zero-order valence-electron chi connectivity index (χ0n) is 48.7. The molecule has 1 unspecified atom stereocenters. The van der Waals surface area contributed by atoms with Gasteiger partial charge in [-0.25, -0.2) is 0 Å². The molecule has 0 radical (unpaired) electrons. The number of allylic oxidation sites excluding steroid dienone is 10. The van der Waals surface area contributed by atoms with Crippen molar-refractivity contribution in [3.05, 3.63) is 60.8 Å². The van der Waals surface area contributed by atoms with Gasteiger partial charge in [0.25, 0.3) is 0 Å². The predicted octanol–water partition coefficient (Wildman–Crippen LogP) is 21.6. The molecule has 0 heterocycles. The van der Waals surface area contributed by atoms with Crippen LogP contribution in [0.3, 0.4) is 0 Å². The summed E-state index contributed by atoms with van der Waals surface area (Å²) in [6.45, 7) is 6.54. The third-order valence-electron chi connectivity index (χ3n) is 14.0. The summed E-state index contributed by atoms with van der Waals surface area (Å²) in [5.41, 5.74) is 0. The Kier molecular flexibility index (Phi) is 59.2. The van der Waals surface area contributed by atoms with Crippen molar-refractivity contribution in [2.75, 3.05) is 13.2 Å². The normalized spacial score (nSPS) is 12.4. The van der Waals surface area contributed by atoms with E-state index in [9.17, 15) is 14.4 Å². The number of unbranched alkanes of at least 4 members (excludes halogenated alkanes) is 37. The molecule has 0 N–H and O–H groups in total. The van der Waals surface area contributed by atoms with Gasteiger partial charge in [0.2, 0.25) is 0 Å². The minimum atomic E-state index is -0.774. The maximum absolute atomic E-state index is 12.9. The minimum absolute atomic E-state index is 0.0729. The van der Waals surface area contributed by atoms with Crippen molar-refractivity contribution in [1.82, 2.24) is 0 Å². The molecule has 0 spiro atoms. The molecule has 1 atom stereocenters. The lowest BCUT2D eigenvalue weighted by molar-refractivity contribution is -0.167. The van der Waals surface area contributed by atoms with E-state index in [1.54, 1.807) is 0 Å². The van der Waals surface area contributed by atoms with E-state index in [1.807, 2.05) is 0 Å². The highest BCUT2D eigenvalue weighted by Gasteiger charge is 2.19. The van der Waals surface area contributed by atoms with Gasteiger partial charge in [-0.1, -0.05) is 287 Å². The Morgan fingerprint density at radius 3 is 0.877 bits per heavy atom. The largest absolute Gasteiger partial charge is 0.462 e. The molecule has 73 heavy (non-hydrogen) atoms. The lowest BCUT2D eigenvalue weighted by Gasteiger charge is -2.18. The number of rotatable bonds is 58. The smallest absolute Gasteiger partial charge is 0.306 e. The van der Waals surface area contributed by atoms with Crippen LogP contribution in [-0.4, -0.2) is 37.2 Å². The van der Waals surface area contributed by atoms with Gasteiger partial charge in [0, 0.05) is 19.3 Å². The Morgan fingerprint density at radius 2 is 0.534 bits per heavy atom. The van der Waals surface area contributed by atoms with Crippen molar-refractivity contribution in [1.29, 1.82) is 0 Å². The number of carbonyl (C=O) groups excluding carboxylic acids is 3. The molecule has 0 aromatic heterocycles. The fourth-order valence-electron chi connectivity index (χ4n) is 9.25. The molecule has 0 saturated heterocycles. The summed E-state index contributed by atoms with van der Waals surface area (Å²) >= 11 is 0. The first-order chi connectivity index (χ1) is 36.0. The van der Waals surface area contributed by atoms with Crippen LogP contribution in [0.2, 0.25) is 0 Å². The van der Waals surface area contributed by atoms with Crippen LogP contribution >= 0.6 is 0 Å². The van der Waals surface area contributed by atoms with Crippen LogP contribution in [0.25, 0.3) is 0 Å². The fourth-order valence-corrected chi connectivity index (χ4v) is 9.25. The standard InChI is InChI=1S/C67H120O6/c1-4-7-10-13-16-19-22-25-27-29-30-31-32-33-34-35-36-37-38-39-41-42-45-48-51-54-57-60-66(69)72-63-64(62-71-65(68)59-56-53-50-47-44-24-21-18-15-12-9-6-3)73-67(70)61-58-55-52-49-46-43-40-28-26-23-20-17-14-11-8-5-2/h7,10,16,18-19,21,25,27,30-31,64H,4-6,8-9,11-15,17,20,22-24,26,28-29,32-63H2,1-3H3/b10-7-,19-16-,21-18-,27-25-,31-30-. The molecule has 0 aliphatic carbocycles. The molecule has 0 saturated carbocycles. The van der Waals surface area contributed by atoms with Crippen LogP contribution in [0, 0.1) is 0 Å². The zero-order chi connectivity index (χ0) is 52.9. The summed E-state index contributed by atoms with van der Waals surface area (Å²) in [6, 6.07) is 0. The second-order valence-corrected chi connectivity index (χ2v) is 21.3. The van der Waals surface area contributed by atoms with Crippen molar-refractivity contribution >= 4 is 17.9 Å². The highest BCUT2D eigenvalue weighted by Crippen LogP contribution is 2.17. The molecule has 0 aliphatic heterocycles. The van der Waals surface area contributed by atoms with Crippen molar-refractivity contribution in [2.45, 2.75) is 335 Å². The third-order valence-corrected chi connectivity index (χ3v) is 14.0. The molecule has 0 bridgehead atoms. The van der Waals surface area contributed by atoms with Crippen LogP contribution in [0.1, 0.15) is 329 Å². The van der Waals surface area contributed by atoms with Gasteiger partial charge in [0.15, 0.2) is 6.10 Å². The molecule has 6 nitrogen and oxygen atoms in total. The van der Waals surface area contributed by atoms with E-state index in [0.717, 1.165) is 89.9 Å². The summed E-state index contributed by atoms with van der Waals surface area (Å²) in [5.74, 6) is -0.864. The van der Waals surface area contributed by atoms with E-state index in [0.29, 0.717) is 19.3 Å². The van der Waals surface area contributed by atoms with Crippen LogP contribution in [0.5, 0.6) is 0 Å². The second-order valence-electron chi connectivity index (χ2n) is 21.3. The lowest BCUT2D eigenvalue weighted by atomic mass is 10.0. The Bertz CT molecular complexity index is 1310. The Balaban J connectivity index is 4.21. The molecule has 0 rings (SSSR count). The molecule has 424 valence electrons. The monoisotopic (exact) mass is 1020 g/mol. The van der Waals surface area contributed by atoms with Gasteiger partial charge in [0.05, 0.1) is 0 Å². The van der Waals surface area contributed by atoms with Gasteiger partial charge in [-0.2, -0.15) is 0 Å². The highest BCUT2D eigenvalue weighted by molar-refractivity contribution is 5.71. The van der Waals surface area contributed by atoms with E-state index < -0.39 is 6.10 Å². The Hall–Kier alpha value is -2.89. The molecule has 6 heteroatoms. The Labute approximate surface area is 453 Å². The van der Waals surface area contributed by atoms with Gasteiger partial charge in [0.1, 0.15) is 13.2 Å².